The Bertz CT molecular complexity index is 575. The van der Waals surface area contributed by atoms with Crippen LogP contribution in [0.4, 0.5) is 4.39 Å². The molecular formula is C17H24FN3O3. The maximum Gasteiger partial charge on any atom is 0.243 e. The number of benzene rings is 1. The van der Waals surface area contributed by atoms with Gasteiger partial charge < -0.3 is 16.4 Å². The highest BCUT2D eigenvalue weighted by Gasteiger charge is 2.24. The Morgan fingerprint density at radius 2 is 1.75 bits per heavy atom. The minimum atomic E-state index is -0.864. The fourth-order valence-electron chi connectivity index (χ4n) is 2.28. The Morgan fingerprint density at radius 3 is 2.25 bits per heavy atom. The molecular weight excluding hydrogens is 313 g/mol. The lowest BCUT2D eigenvalue weighted by atomic mass is 10.0. The highest BCUT2D eigenvalue weighted by atomic mass is 19.1. The molecule has 1 aromatic carbocycles. The number of hydrogen-bond acceptors (Lipinski definition) is 3. The monoisotopic (exact) mass is 337 g/mol. The number of nitrogens with one attached hydrogen (secondary N) is 2. The third-order valence-electron chi connectivity index (χ3n) is 3.55. The van der Waals surface area contributed by atoms with Gasteiger partial charge in [-0.3, -0.25) is 14.4 Å². The Hall–Kier alpha value is -2.44. The number of carbonyl (C=O) groups excluding carboxylic acids is 3. The van der Waals surface area contributed by atoms with Crippen LogP contribution in [0.1, 0.15) is 38.7 Å². The first-order chi connectivity index (χ1) is 11.3. The van der Waals surface area contributed by atoms with Gasteiger partial charge >= 0.3 is 0 Å². The van der Waals surface area contributed by atoms with E-state index in [2.05, 4.69) is 10.6 Å². The van der Waals surface area contributed by atoms with Gasteiger partial charge in [-0.25, -0.2) is 4.39 Å². The average molecular weight is 337 g/mol. The Kier molecular flexibility index (Phi) is 7.88. The molecule has 0 unspecified atom stereocenters. The molecule has 6 nitrogen and oxygen atoms in total. The van der Waals surface area contributed by atoms with Gasteiger partial charge in [0.05, 0.1) is 0 Å². The van der Waals surface area contributed by atoms with E-state index in [1.807, 2.05) is 6.92 Å². The van der Waals surface area contributed by atoms with Gasteiger partial charge in [-0.05, 0) is 24.1 Å². The van der Waals surface area contributed by atoms with Crippen molar-refractivity contribution in [2.45, 2.75) is 51.6 Å². The van der Waals surface area contributed by atoms with Crippen molar-refractivity contribution < 1.29 is 18.8 Å². The van der Waals surface area contributed by atoms with Crippen LogP contribution in [0.25, 0.3) is 0 Å². The quantitative estimate of drug-likeness (QED) is 0.627. The van der Waals surface area contributed by atoms with Crippen LogP contribution in [-0.2, 0) is 20.8 Å². The number of amides is 3. The number of rotatable bonds is 9. The van der Waals surface area contributed by atoms with Crippen molar-refractivity contribution in [3.05, 3.63) is 35.6 Å². The normalized spacial score (nSPS) is 13.0. The summed E-state index contributed by atoms with van der Waals surface area (Å²) >= 11 is 0. The zero-order valence-corrected chi connectivity index (χ0v) is 14.0. The number of primary amides is 1. The Morgan fingerprint density at radius 1 is 1.12 bits per heavy atom. The molecule has 0 heterocycles. The molecule has 0 saturated heterocycles. The first-order valence-electron chi connectivity index (χ1n) is 7.94. The van der Waals surface area contributed by atoms with Crippen molar-refractivity contribution in [2.24, 2.45) is 5.73 Å². The lowest BCUT2D eigenvalue weighted by Crippen LogP contribution is -2.53. The molecule has 4 N–H and O–H groups in total. The van der Waals surface area contributed by atoms with E-state index in [1.165, 1.54) is 19.1 Å². The number of hydrogen-bond donors (Lipinski definition) is 3. The summed E-state index contributed by atoms with van der Waals surface area (Å²) < 4.78 is 13.0. The second kappa shape index (κ2) is 9.64. The van der Waals surface area contributed by atoms with Crippen LogP contribution < -0.4 is 16.4 Å². The third kappa shape index (κ3) is 6.76. The molecule has 24 heavy (non-hydrogen) atoms. The fourth-order valence-corrected chi connectivity index (χ4v) is 2.28. The van der Waals surface area contributed by atoms with Gasteiger partial charge in [-0.1, -0.05) is 31.9 Å². The molecule has 1 aromatic rings. The molecule has 0 radical (unpaired) electrons. The van der Waals surface area contributed by atoms with Gasteiger partial charge in [0.25, 0.3) is 0 Å². The largest absolute Gasteiger partial charge is 0.368 e. The van der Waals surface area contributed by atoms with E-state index >= 15 is 0 Å². The summed E-state index contributed by atoms with van der Waals surface area (Å²) in [4.78, 5) is 35.2. The lowest BCUT2D eigenvalue weighted by Gasteiger charge is -2.21. The maximum absolute atomic E-state index is 13.0. The van der Waals surface area contributed by atoms with Crippen molar-refractivity contribution in [3.8, 4) is 0 Å². The number of unbranched alkanes of at least 4 members (excludes halogenated alkanes) is 1. The van der Waals surface area contributed by atoms with E-state index in [1.54, 1.807) is 12.1 Å². The Balaban J connectivity index is 2.81. The average Bonchev–Trinajstić information content (AvgIpc) is 2.52. The van der Waals surface area contributed by atoms with Gasteiger partial charge in [0.2, 0.25) is 17.7 Å². The zero-order valence-electron chi connectivity index (χ0n) is 14.0. The highest BCUT2D eigenvalue weighted by molar-refractivity contribution is 5.91. The van der Waals surface area contributed by atoms with Crippen LogP contribution >= 0.6 is 0 Å². The predicted molar refractivity (Wildman–Crippen MR) is 88.4 cm³/mol. The molecule has 0 aromatic heterocycles. The first kappa shape index (κ1) is 19.6. The number of nitrogens with two attached hydrogens (primary N) is 1. The molecule has 0 aliphatic heterocycles. The summed E-state index contributed by atoms with van der Waals surface area (Å²) in [5, 5.41) is 5.13. The molecule has 1 rings (SSSR count). The van der Waals surface area contributed by atoms with E-state index in [0.29, 0.717) is 12.0 Å². The summed E-state index contributed by atoms with van der Waals surface area (Å²) in [5.74, 6) is -1.86. The second-order valence-corrected chi connectivity index (χ2v) is 5.69. The molecule has 0 aliphatic carbocycles. The molecule has 0 aliphatic rings. The molecule has 7 heteroatoms. The van der Waals surface area contributed by atoms with Gasteiger partial charge in [0, 0.05) is 13.3 Å². The van der Waals surface area contributed by atoms with E-state index in [-0.39, 0.29) is 18.1 Å². The van der Waals surface area contributed by atoms with Crippen molar-refractivity contribution >= 4 is 17.7 Å². The molecule has 0 fully saturated rings. The Labute approximate surface area is 141 Å². The maximum atomic E-state index is 13.0. The standard InChI is InChI=1S/C17H24FN3O3/c1-3-4-5-14(16(19)23)21-17(24)15(20-11(2)22)10-12-6-8-13(18)9-7-12/h6-9,14-15H,3-5,10H2,1-2H3,(H2,19,23)(H,20,22)(H,21,24)/t14-,15-/m1/s1. The molecule has 0 spiro atoms. The van der Waals surface area contributed by atoms with Crippen LogP contribution in [0, 0.1) is 5.82 Å². The first-order valence-corrected chi connectivity index (χ1v) is 7.94. The summed E-state index contributed by atoms with van der Waals surface area (Å²) in [6, 6.07) is 4.01. The van der Waals surface area contributed by atoms with Gasteiger partial charge in [-0.2, -0.15) is 0 Å². The highest BCUT2D eigenvalue weighted by Crippen LogP contribution is 2.07. The van der Waals surface area contributed by atoms with Crippen molar-refractivity contribution in [3.63, 3.8) is 0 Å². The topological polar surface area (TPSA) is 101 Å². The SMILES string of the molecule is CCCC[C@@H](NC(=O)[C@@H](Cc1ccc(F)cc1)NC(C)=O)C(N)=O. The minimum absolute atomic E-state index is 0.185. The van der Waals surface area contributed by atoms with Gasteiger partial charge in [-0.15, -0.1) is 0 Å². The molecule has 0 bridgehead atoms. The van der Waals surface area contributed by atoms with E-state index in [4.69, 9.17) is 5.73 Å². The van der Waals surface area contributed by atoms with E-state index in [9.17, 15) is 18.8 Å². The molecule has 0 saturated carbocycles. The summed E-state index contributed by atoms with van der Waals surface area (Å²) in [6.07, 6.45) is 2.24. The van der Waals surface area contributed by atoms with Crippen molar-refractivity contribution in [2.75, 3.05) is 0 Å². The van der Waals surface area contributed by atoms with Crippen LogP contribution in [0.15, 0.2) is 24.3 Å². The minimum Gasteiger partial charge on any atom is -0.368 e. The number of carbonyl (C=O) groups is 3. The molecule has 3 amide bonds. The van der Waals surface area contributed by atoms with E-state index in [0.717, 1.165) is 12.8 Å². The van der Waals surface area contributed by atoms with Crippen molar-refractivity contribution in [1.29, 1.82) is 0 Å². The summed E-state index contributed by atoms with van der Waals surface area (Å²) in [7, 11) is 0. The lowest BCUT2D eigenvalue weighted by molar-refractivity contribution is -0.130. The zero-order chi connectivity index (χ0) is 18.1. The number of halogens is 1. The fraction of sp³-hybridized carbons (Fsp3) is 0.471. The van der Waals surface area contributed by atoms with E-state index < -0.39 is 23.9 Å². The van der Waals surface area contributed by atoms with Crippen LogP contribution in [0.2, 0.25) is 0 Å². The van der Waals surface area contributed by atoms with Gasteiger partial charge in [0.15, 0.2) is 0 Å². The summed E-state index contributed by atoms with van der Waals surface area (Å²) in [6.45, 7) is 3.27. The predicted octanol–water partition coefficient (Wildman–Crippen LogP) is 1.03. The smallest absolute Gasteiger partial charge is 0.243 e. The van der Waals surface area contributed by atoms with Crippen LogP contribution in [0.3, 0.4) is 0 Å². The second-order valence-electron chi connectivity index (χ2n) is 5.69. The summed E-state index contributed by atoms with van der Waals surface area (Å²) in [5.41, 5.74) is 6.00. The van der Waals surface area contributed by atoms with Crippen LogP contribution in [0.5, 0.6) is 0 Å². The van der Waals surface area contributed by atoms with Crippen LogP contribution in [-0.4, -0.2) is 29.8 Å². The van der Waals surface area contributed by atoms with Gasteiger partial charge in [0.1, 0.15) is 17.9 Å². The third-order valence-corrected chi connectivity index (χ3v) is 3.55. The molecule has 132 valence electrons. The van der Waals surface area contributed by atoms with Crippen molar-refractivity contribution in [1.82, 2.24) is 10.6 Å². The molecule has 2 atom stereocenters.